The smallest absolute Gasteiger partial charge is 0.339 e. The molecule has 0 aliphatic heterocycles. The average molecular weight is 248 g/mol. The van der Waals surface area contributed by atoms with E-state index in [-0.39, 0.29) is 11.4 Å². The number of rotatable bonds is 5. The first kappa shape index (κ1) is 12.9. The van der Waals surface area contributed by atoms with Crippen LogP contribution in [0.1, 0.15) is 29.6 Å². The molecule has 1 saturated carbocycles. The third-order valence-electron chi connectivity index (χ3n) is 3.83. The SMILES string of the molecule is COC(=O)c1ccccc1NCC1(CN)CCC1. The summed E-state index contributed by atoms with van der Waals surface area (Å²) in [4.78, 5) is 11.6. The van der Waals surface area contributed by atoms with Crippen LogP contribution in [0.25, 0.3) is 0 Å². The Balaban J connectivity index is 2.07. The molecule has 0 radical (unpaired) electrons. The van der Waals surface area contributed by atoms with Gasteiger partial charge in [0.1, 0.15) is 0 Å². The minimum atomic E-state index is -0.312. The fourth-order valence-corrected chi connectivity index (χ4v) is 2.34. The summed E-state index contributed by atoms with van der Waals surface area (Å²) in [6.45, 7) is 1.51. The Bertz CT molecular complexity index is 422. The van der Waals surface area contributed by atoms with Gasteiger partial charge in [0.2, 0.25) is 0 Å². The Labute approximate surface area is 108 Å². The molecule has 0 atom stereocenters. The minimum absolute atomic E-state index is 0.212. The fraction of sp³-hybridized carbons (Fsp3) is 0.500. The number of carbonyl (C=O) groups is 1. The van der Waals surface area contributed by atoms with Gasteiger partial charge in [0, 0.05) is 12.2 Å². The predicted octanol–water partition coefficient (Wildman–Crippen LogP) is 2.01. The lowest BCUT2D eigenvalue weighted by molar-refractivity contribution is 0.0601. The Morgan fingerprint density at radius 2 is 2.17 bits per heavy atom. The Morgan fingerprint density at radius 1 is 1.44 bits per heavy atom. The molecule has 4 nitrogen and oxygen atoms in total. The zero-order valence-corrected chi connectivity index (χ0v) is 10.7. The van der Waals surface area contributed by atoms with Gasteiger partial charge in [0.25, 0.3) is 0 Å². The second-order valence-corrected chi connectivity index (χ2v) is 4.95. The second kappa shape index (κ2) is 5.40. The van der Waals surface area contributed by atoms with Gasteiger partial charge in [-0.3, -0.25) is 0 Å². The number of carbonyl (C=O) groups excluding carboxylic acids is 1. The Morgan fingerprint density at radius 3 is 2.72 bits per heavy atom. The number of nitrogens with one attached hydrogen (secondary N) is 1. The van der Waals surface area contributed by atoms with Crippen molar-refractivity contribution in [1.29, 1.82) is 0 Å². The van der Waals surface area contributed by atoms with Gasteiger partial charge in [0.05, 0.1) is 12.7 Å². The third kappa shape index (κ3) is 2.48. The highest BCUT2D eigenvalue weighted by molar-refractivity contribution is 5.95. The molecule has 0 heterocycles. The number of para-hydroxylation sites is 1. The number of nitrogens with two attached hydrogens (primary N) is 1. The standard InChI is InChI=1S/C14H20N2O2/c1-18-13(17)11-5-2-3-6-12(11)16-10-14(9-15)7-4-8-14/h2-3,5-6,16H,4,7-10,15H2,1H3. The van der Waals surface area contributed by atoms with Gasteiger partial charge in [-0.25, -0.2) is 4.79 Å². The van der Waals surface area contributed by atoms with Gasteiger partial charge < -0.3 is 15.8 Å². The van der Waals surface area contributed by atoms with Crippen LogP contribution in [-0.4, -0.2) is 26.2 Å². The highest BCUT2D eigenvalue weighted by atomic mass is 16.5. The quantitative estimate of drug-likeness (QED) is 0.782. The summed E-state index contributed by atoms with van der Waals surface area (Å²) in [5, 5.41) is 3.34. The molecular weight excluding hydrogens is 228 g/mol. The topological polar surface area (TPSA) is 64.3 Å². The van der Waals surface area contributed by atoms with E-state index < -0.39 is 0 Å². The normalized spacial score (nSPS) is 16.8. The molecule has 0 bridgehead atoms. The van der Waals surface area contributed by atoms with Crippen LogP contribution in [0.5, 0.6) is 0 Å². The Kier molecular flexibility index (Phi) is 3.87. The summed E-state index contributed by atoms with van der Waals surface area (Å²) in [6, 6.07) is 7.41. The average Bonchev–Trinajstić information content (AvgIpc) is 2.37. The van der Waals surface area contributed by atoms with Crippen molar-refractivity contribution in [3.63, 3.8) is 0 Å². The van der Waals surface area contributed by atoms with Crippen LogP contribution in [0.2, 0.25) is 0 Å². The van der Waals surface area contributed by atoms with Gasteiger partial charge in [-0.05, 0) is 36.9 Å². The van der Waals surface area contributed by atoms with Crippen molar-refractivity contribution < 1.29 is 9.53 Å². The van der Waals surface area contributed by atoms with Crippen molar-refractivity contribution in [3.05, 3.63) is 29.8 Å². The summed E-state index contributed by atoms with van der Waals surface area (Å²) in [6.07, 6.45) is 3.57. The van der Waals surface area contributed by atoms with Crippen molar-refractivity contribution in [2.24, 2.45) is 11.1 Å². The number of esters is 1. The first-order valence-corrected chi connectivity index (χ1v) is 6.32. The molecule has 1 aromatic carbocycles. The van der Waals surface area contributed by atoms with Crippen molar-refractivity contribution in [2.45, 2.75) is 19.3 Å². The number of hydrogen-bond acceptors (Lipinski definition) is 4. The molecule has 0 aromatic heterocycles. The van der Waals surface area contributed by atoms with E-state index in [1.807, 2.05) is 18.2 Å². The van der Waals surface area contributed by atoms with E-state index in [1.54, 1.807) is 6.07 Å². The lowest BCUT2D eigenvalue weighted by Crippen LogP contribution is -2.43. The molecule has 1 aliphatic rings. The van der Waals surface area contributed by atoms with Gasteiger partial charge in [-0.2, -0.15) is 0 Å². The molecular formula is C14H20N2O2. The summed E-state index contributed by atoms with van der Waals surface area (Å²) in [5.41, 5.74) is 7.44. The molecule has 3 N–H and O–H groups in total. The molecule has 0 amide bonds. The Hall–Kier alpha value is -1.55. The van der Waals surface area contributed by atoms with Crippen molar-refractivity contribution >= 4 is 11.7 Å². The molecule has 0 spiro atoms. The van der Waals surface area contributed by atoms with Crippen LogP contribution in [0, 0.1) is 5.41 Å². The zero-order valence-electron chi connectivity index (χ0n) is 10.7. The monoisotopic (exact) mass is 248 g/mol. The number of methoxy groups -OCH3 is 1. The van der Waals surface area contributed by atoms with E-state index >= 15 is 0 Å². The maximum Gasteiger partial charge on any atom is 0.339 e. The van der Waals surface area contributed by atoms with Crippen molar-refractivity contribution in [1.82, 2.24) is 0 Å². The first-order valence-electron chi connectivity index (χ1n) is 6.32. The molecule has 1 aromatic rings. The van der Waals surface area contributed by atoms with Gasteiger partial charge in [0.15, 0.2) is 0 Å². The van der Waals surface area contributed by atoms with Gasteiger partial charge >= 0.3 is 5.97 Å². The van der Waals surface area contributed by atoms with E-state index in [4.69, 9.17) is 10.5 Å². The van der Waals surface area contributed by atoms with Crippen molar-refractivity contribution in [3.8, 4) is 0 Å². The fourth-order valence-electron chi connectivity index (χ4n) is 2.34. The zero-order chi connectivity index (χ0) is 13.0. The van der Waals surface area contributed by atoms with Crippen LogP contribution >= 0.6 is 0 Å². The van der Waals surface area contributed by atoms with Gasteiger partial charge in [-0.1, -0.05) is 18.6 Å². The second-order valence-electron chi connectivity index (χ2n) is 4.95. The minimum Gasteiger partial charge on any atom is -0.465 e. The highest BCUT2D eigenvalue weighted by Gasteiger charge is 2.35. The van der Waals surface area contributed by atoms with E-state index in [9.17, 15) is 4.79 Å². The molecule has 0 unspecified atom stereocenters. The third-order valence-corrected chi connectivity index (χ3v) is 3.83. The lowest BCUT2D eigenvalue weighted by atomic mass is 9.69. The molecule has 4 heteroatoms. The van der Waals surface area contributed by atoms with Crippen molar-refractivity contribution in [2.75, 3.05) is 25.5 Å². The predicted molar refractivity (Wildman–Crippen MR) is 71.6 cm³/mol. The van der Waals surface area contributed by atoms with E-state index in [0.717, 1.165) is 25.1 Å². The van der Waals surface area contributed by atoms with Crippen LogP contribution < -0.4 is 11.1 Å². The maximum atomic E-state index is 11.6. The lowest BCUT2D eigenvalue weighted by Gasteiger charge is -2.41. The summed E-state index contributed by atoms with van der Waals surface area (Å²) in [7, 11) is 1.40. The molecule has 18 heavy (non-hydrogen) atoms. The summed E-state index contributed by atoms with van der Waals surface area (Å²) >= 11 is 0. The van der Waals surface area contributed by atoms with Crippen LogP contribution in [-0.2, 0) is 4.74 Å². The number of ether oxygens (including phenoxy) is 1. The van der Waals surface area contributed by atoms with Crippen LogP contribution in [0.4, 0.5) is 5.69 Å². The summed E-state index contributed by atoms with van der Waals surface area (Å²) < 4.78 is 4.77. The van der Waals surface area contributed by atoms with Crippen LogP contribution in [0.3, 0.4) is 0 Å². The number of anilines is 1. The molecule has 0 saturated heterocycles. The number of hydrogen-bond donors (Lipinski definition) is 2. The molecule has 1 aliphatic carbocycles. The summed E-state index contributed by atoms with van der Waals surface area (Å²) in [5.74, 6) is -0.312. The molecule has 1 fully saturated rings. The molecule has 98 valence electrons. The highest BCUT2D eigenvalue weighted by Crippen LogP contribution is 2.40. The molecule has 2 rings (SSSR count). The van der Waals surface area contributed by atoms with Crippen LogP contribution in [0.15, 0.2) is 24.3 Å². The first-order chi connectivity index (χ1) is 8.71. The largest absolute Gasteiger partial charge is 0.465 e. The maximum absolute atomic E-state index is 11.6. The van der Waals surface area contributed by atoms with E-state index in [1.165, 1.54) is 13.5 Å². The van der Waals surface area contributed by atoms with Gasteiger partial charge in [-0.15, -0.1) is 0 Å². The number of benzene rings is 1. The van der Waals surface area contributed by atoms with E-state index in [0.29, 0.717) is 12.1 Å². The van der Waals surface area contributed by atoms with E-state index in [2.05, 4.69) is 5.32 Å².